The summed E-state index contributed by atoms with van der Waals surface area (Å²) in [5.74, 6) is 0.269. The van der Waals surface area contributed by atoms with E-state index < -0.39 is 0 Å². The third-order valence-corrected chi connectivity index (χ3v) is 4.30. The maximum absolute atomic E-state index is 12.5. The smallest absolute Gasteiger partial charge is 0.244 e. The van der Waals surface area contributed by atoms with E-state index in [2.05, 4.69) is 12.2 Å². The molecule has 2 fully saturated rings. The summed E-state index contributed by atoms with van der Waals surface area (Å²) >= 11 is 6.07. The Balaban J connectivity index is 1.87. The second kappa shape index (κ2) is 4.80. The summed E-state index contributed by atoms with van der Waals surface area (Å²) in [5, 5.41) is 4.23. The number of halogens is 1. The van der Waals surface area contributed by atoms with E-state index in [1.54, 1.807) is 0 Å². The van der Waals surface area contributed by atoms with Gasteiger partial charge in [-0.05, 0) is 37.0 Å². The van der Waals surface area contributed by atoms with Gasteiger partial charge in [0.15, 0.2) is 0 Å². The Labute approximate surface area is 118 Å². The number of rotatable bonds is 4. The summed E-state index contributed by atoms with van der Waals surface area (Å²) in [6, 6.07) is 7.80. The van der Waals surface area contributed by atoms with Crippen LogP contribution in [0.1, 0.15) is 44.3 Å². The quantitative estimate of drug-likeness (QED) is 0.918. The third kappa shape index (κ3) is 2.26. The third-order valence-electron chi connectivity index (χ3n) is 4.06. The van der Waals surface area contributed by atoms with Crippen LogP contribution in [0.15, 0.2) is 24.3 Å². The number of carbonyl (C=O) groups excluding carboxylic acids is 1. The molecule has 4 heteroatoms. The van der Waals surface area contributed by atoms with Crippen molar-refractivity contribution in [2.45, 2.75) is 44.3 Å². The van der Waals surface area contributed by atoms with Gasteiger partial charge in [0.1, 0.15) is 11.7 Å². The molecule has 3 rings (SSSR count). The molecule has 102 valence electrons. The molecule has 1 saturated carbocycles. The van der Waals surface area contributed by atoms with Gasteiger partial charge in [-0.15, -0.1) is 0 Å². The minimum atomic E-state index is -0.263. The van der Waals surface area contributed by atoms with Crippen molar-refractivity contribution in [3.63, 3.8) is 0 Å². The Hall–Kier alpha value is -1.06. The molecule has 1 aromatic rings. The van der Waals surface area contributed by atoms with Gasteiger partial charge in [-0.25, -0.2) is 0 Å². The molecule has 1 saturated heterocycles. The molecule has 0 bridgehead atoms. The van der Waals surface area contributed by atoms with E-state index in [1.807, 2.05) is 29.2 Å². The monoisotopic (exact) mass is 278 g/mol. The Morgan fingerprint density at radius 1 is 1.47 bits per heavy atom. The molecule has 1 unspecified atom stereocenters. The van der Waals surface area contributed by atoms with E-state index in [0.29, 0.717) is 0 Å². The second-order valence-electron chi connectivity index (χ2n) is 5.54. The van der Waals surface area contributed by atoms with Crippen molar-refractivity contribution >= 4 is 17.5 Å². The molecule has 1 amide bonds. The summed E-state index contributed by atoms with van der Waals surface area (Å²) in [6.07, 6.45) is 4.05. The number of hydrogen-bond donors (Lipinski definition) is 1. The molecule has 1 heterocycles. The van der Waals surface area contributed by atoms with Crippen LogP contribution in [-0.2, 0) is 4.79 Å². The van der Waals surface area contributed by atoms with Crippen LogP contribution in [0.4, 0.5) is 0 Å². The topological polar surface area (TPSA) is 32.3 Å². The van der Waals surface area contributed by atoms with Gasteiger partial charge in [0.2, 0.25) is 5.91 Å². The first-order chi connectivity index (χ1) is 9.16. The highest BCUT2D eigenvalue weighted by Gasteiger charge is 2.59. The average Bonchev–Trinajstić information content (AvgIpc) is 3.12. The zero-order chi connectivity index (χ0) is 13.5. The van der Waals surface area contributed by atoms with Gasteiger partial charge >= 0.3 is 0 Å². The normalized spacial score (nSPS) is 24.2. The molecular weight excluding hydrogens is 260 g/mol. The predicted molar refractivity (Wildman–Crippen MR) is 75.9 cm³/mol. The molecule has 1 aromatic carbocycles. The number of nitrogens with zero attached hydrogens (tertiary/aromatic N) is 1. The lowest BCUT2D eigenvalue weighted by atomic mass is 10.1. The van der Waals surface area contributed by atoms with E-state index in [0.717, 1.165) is 42.8 Å². The molecule has 2 aliphatic rings. The maximum atomic E-state index is 12.5. The first-order valence-corrected chi connectivity index (χ1v) is 7.38. The van der Waals surface area contributed by atoms with Gasteiger partial charge in [0.05, 0.1) is 0 Å². The number of carbonyl (C=O) groups is 1. The van der Waals surface area contributed by atoms with E-state index in [1.165, 1.54) is 0 Å². The van der Waals surface area contributed by atoms with Gasteiger partial charge < -0.3 is 4.90 Å². The Morgan fingerprint density at radius 3 is 2.89 bits per heavy atom. The number of benzene rings is 1. The van der Waals surface area contributed by atoms with Crippen molar-refractivity contribution in [1.29, 1.82) is 0 Å². The van der Waals surface area contributed by atoms with Crippen LogP contribution in [0, 0.1) is 0 Å². The molecular formula is C15H19ClN2O. The first-order valence-electron chi connectivity index (χ1n) is 7.00. The van der Waals surface area contributed by atoms with Crippen LogP contribution in [0.5, 0.6) is 0 Å². The molecule has 0 aromatic heterocycles. The highest BCUT2D eigenvalue weighted by molar-refractivity contribution is 6.30. The van der Waals surface area contributed by atoms with Crippen molar-refractivity contribution in [3.05, 3.63) is 34.9 Å². The second-order valence-corrected chi connectivity index (χ2v) is 5.97. The van der Waals surface area contributed by atoms with Crippen LogP contribution >= 0.6 is 11.6 Å². The summed E-state index contributed by atoms with van der Waals surface area (Å²) in [7, 11) is 0. The van der Waals surface area contributed by atoms with E-state index in [-0.39, 0.29) is 17.6 Å². The summed E-state index contributed by atoms with van der Waals surface area (Å²) in [4.78, 5) is 14.5. The predicted octanol–water partition coefficient (Wildman–Crippen LogP) is 3.10. The van der Waals surface area contributed by atoms with Crippen molar-refractivity contribution in [2.24, 2.45) is 0 Å². The number of nitrogens with one attached hydrogen (secondary N) is 1. The highest BCUT2D eigenvalue weighted by atomic mass is 35.5. The van der Waals surface area contributed by atoms with Crippen LogP contribution < -0.4 is 5.32 Å². The summed E-state index contributed by atoms with van der Waals surface area (Å²) in [5.41, 5.74) is 0.821. The van der Waals surface area contributed by atoms with Crippen LogP contribution in [0.25, 0.3) is 0 Å². The lowest BCUT2D eigenvalue weighted by Crippen LogP contribution is -2.32. The first kappa shape index (κ1) is 12.9. The SMILES string of the molecule is CCCCN1C(=O)C2(CC2)NC1c1cccc(Cl)c1. The Morgan fingerprint density at radius 2 is 2.26 bits per heavy atom. The van der Waals surface area contributed by atoms with Crippen molar-refractivity contribution in [2.75, 3.05) is 6.54 Å². The zero-order valence-corrected chi connectivity index (χ0v) is 11.9. The standard InChI is InChI=1S/C15H19ClN2O/c1-2-3-9-18-13(11-5-4-6-12(16)10-11)17-15(7-8-15)14(18)19/h4-6,10,13,17H,2-3,7-9H2,1H3. The number of amides is 1. The minimum Gasteiger partial charge on any atom is -0.321 e. The van der Waals surface area contributed by atoms with Crippen molar-refractivity contribution in [3.8, 4) is 0 Å². The molecule has 19 heavy (non-hydrogen) atoms. The summed E-state index contributed by atoms with van der Waals surface area (Å²) in [6.45, 7) is 2.97. The van der Waals surface area contributed by atoms with Crippen LogP contribution in [0.2, 0.25) is 5.02 Å². The molecule has 1 atom stereocenters. The Bertz CT molecular complexity index is 499. The van der Waals surface area contributed by atoms with Gasteiger partial charge in [0, 0.05) is 11.6 Å². The lowest BCUT2D eigenvalue weighted by molar-refractivity contribution is -0.130. The molecule has 1 N–H and O–H groups in total. The van der Waals surface area contributed by atoms with E-state index in [9.17, 15) is 4.79 Å². The van der Waals surface area contributed by atoms with Gasteiger partial charge in [-0.3, -0.25) is 10.1 Å². The maximum Gasteiger partial charge on any atom is 0.244 e. The van der Waals surface area contributed by atoms with Crippen molar-refractivity contribution in [1.82, 2.24) is 10.2 Å². The van der Waals surface area contributed by atoms with Gasteiger partial charge in [-0.2, -0.15) is 0 Å². The van der Waals surface area contributed by atoms with Gasteiger partial charge in [-0.1, -0.05) is 37.1 Å². The van der Waals surface area contributed by atoms with Crippen molar-refractivity contribution < 1.29 is 4.79 Å². The lowest BCUT2D eigenvalue weighted by Gasteiger charge is -2.24. The largest absolute Gasteiger partial charge is 0.321 e. The van der Waals surface area contributed by atoms with Gasteiger partial charge in [0.25, 0.3) is 0 Å². The zero-order valence-electron chi connectivity index (χ0n) is 11.2. The molecule has 0 radical (unpaired) electrons. The Kier molecular flexibility index (Phi) is 3.27. The van der Waals surface area contributed by atoms with E-state index in [4.69, 9.17) is 11.6 Å². The molecule has 1 spiro atoms. The molecule has 1 aliphatic carbocycles. The fourth-order valence-electron chi connectivity index (χ4n) is 2.78. The minimum absolute atomic E-state index is 0.0137. The number of unbranched alkanes of at least 4 members (excludes halogenated alkanes) is 1. The fraction of sp³-hybridized carbons (Fsp3) is 0.533. The van der Waals surface area contributed by atoms with E-state index >= 15 is 0 Å². The van der Waals surface area contributed by atoms with Crippen LogP contribution in [0.3, 0.4) is 0 Å². The number of hydrogen-bond acceptors (Lipinski definition) is 2. The molecule has 1 aliphatic heterocycles. The highest BCUT2D eigenvalue weighted by Crippen LogP contribution is 2.46. The average molecular weight is 279 g/mol. The summed E-state index contributed by atoms with van der Waals surface area (Å²) < 4.78 is 0. The van der Waals surface area contributed by atoms with Crippen LogP contribution in [-0.4, -0.2) is 22.9 Å². The molecule has 3 nitrogen and oxygen atoms in total. The fourth-order valence-corrected chi connectivity index (χ4v) is 2.97.